The van der Waals surface area contributed by atoms with E-state index < -0.39 is 10.0 Å². The summed E-state index contributed by atoms with van der Waals surface area (Å²) in [4.78, 5) is 0.417. The van der Waals surface area contributed by atoms with Gasteiger partial charge >= 0.3 is 0 Å². The molecular weight excluding hydrogens is 296 g/mol. The maximum absolute atomic E-state index is 12.5. The number of hydrogen-bond donors (Lipinski definition) is 1. The van der Waals surface area contributed by atoms with Crippen LogP contribution in [0.4, 0.5) is 0 Å². The first kappa shape index (κ1) is 17.4. The van der Waals surface area contributed by atoms with Gasteiger partial charge in [-0.1, -0.05) is 32.4 Å². The lowest BCUT2D eigenvalue weighted by molar-refractivity contribution is 0.346. The first-order valence-corrected chi connectivity index (χ1v) is 9.74. The molecule has 0 bridgehead atoms. The van der Waals surface area contributed by atoms with E-state index in [4.69, 9.17) is 0 Å². The molecule has 0 amide bonds. The zero-order valence-corrected chi connectivity index (χ0v) is 14.5. The molecule has 22 heavy (non-hydrogen) atoms. The van der Waals surface area contributed by atoms with Gasteiger partial charge in [-0.05, 0) is 49.4 Å². The Morgan fingerprint density at radius 3 is 2.32 bits per heavy atom. The van der Waals surface area contributed by atoms with E-state index in [2.05, 4.69) is 19.2 Å². The Kier molecular flexibility index (Phi) is 6.41. The Balaban J connectivity index is 1.93. The molecule has 1 fully saturated rings. The van der Waals surface area contributed by atoms with Gasteiger partial charge in [-0.15, -0.1) is 0 Å². The standard InChI is InChI=1S/C17H28N2O2S/c1-15(2)10-11-18-14-16-6-8-17(9-7-16)22(20,21)19-12-4-3-5-13-19/h6-9,15,18H,3-5,10-14H2,1-2H3. The first-order chi connectivity index (χ1) is 10.5. The van der Waals surface area contributed by atoms with Crippen molar-refractivity contribution in [3.63, 3.8) is 0 Å². The van der Waals surface area contributed by atoms with Crippen LogP contribution in [0.3, 0.4) is 0 Å². The number of nitrogens with zero attached hydrogens (tertiary/aromatic N) is 1. The Morgan fingerprint density at radius 1 is 1.09 bits per heavy atom. The number of piperidine rings is 1. The van der Waals surface area contributed by atoms with Crippen molar-refractivity contribution in [2.75, 3.05) is 19.6 Å². The third-order valence-corrected chi connectivity index (χ3v) is 6.02. The van der Waals surface area contributed by atoms with Gasteiger partial charge in [0.25, 0.3) is 0 Å². The third kappa shape index (κ3) is 4.80. The average Bonchev–Trinajstić information content (AvgIpc) is 2.53. The van der Waals surface area contributed by atoms with Gasteiger partial charge in [0, 0.05) is 19.6 Å². The molecule has 2 rings (SSSR count). The fourth-order valence-electron chi connectivity index (χ4n) is 2.66. The van der Waals surface area contributed by atoms with Crippen molar-refractivity contribution in [2.45, 2.75) is 51.0 Å². The minimum Gasteiger partial charge on any atom is -0.313 e. The van der Waals surface area contributed by atoms with Crippen LogP contribution >= 0.6 is 0 Å². The summed E-state index contributed by atoms with van der Waals surface area (Å²) in [5.74, 6) is 0.699. The number of hydrogen-bond acceptors (Lipinski definition) is 3. The van der Waals surface area contributed by atoms with Crippen molar-refractivity contribution < 1.29 is 8.42 Å². The molecule has 0 atom stereocenters. The molecular formula is C17H28N2O2S. The van der Waals surface area contributed by atoms with Crippen LogP contribution < -0.4 is 5.32 Å². The van der Waals surface area contributed by atoms with Crippen LogP contribution in [0.15, 0.2) is 29.2 Å². The second-order valence-corrected chi connectivity index (χ2v) is 8.41. The highest BCUT2D eigenvalue weighted by Crippen LogP contribution is 2.20. The SMILES string of the molecule is CC(C)CCNCc1ccc(S(=O)(=O)N2CCCCC2)cc1. The molecule has 0 radical (unpaired) electrons. The summed E-state index contributed by atoms with van der Waals surface area (Å²) in [6.45, 7) is 7.51. The first-order valence-electron chi connectivity index (χ1n) is 8.30. The van der Waals surface area contributed by atoms with Crippen LogP contribution in [-0.2, 0) is 16.6 Å². The van der Waals surface area contributed by atoms with E-state index in [0.717, 1.165) is 44.3 Å². The molecule has 1 aromatic rings. The maximum Gasteiger partial charge on any atom is 0.243 e. The molecule has 1 aromatic carbocycles. The largest absolute Gasteiger partial charge is 0.313 e. The number of rotatable bonds is 7. The Morgan fingerprint density at radius 2 is 1.73 bits per heavy atom. The summed E-state index contributed by atoms with van der Waals surface area (Å²) >= 11 is 0. The second kappa shape index (κ2) is 8.09. The molecule has 0 aliphatic carbocycles. The van der Waals surface area contributed by atoms with Crippen LogP contribution in [0.1, 0.15) is 45.1 Å². The van der Waals surface area contributed by atoms with Crippen molar-refractivity contribution in [3.05, 3.63) is 29.8 Å². The molecule has 5 heteroatoms. The molecule has 1 N–H and O–H groups in total. The summed E-state index contributed by atoms with van der Waals surface area (Å²) < 4.78 is 26.7. The van der Waals surface area contributed by atoms with Gasteiger partial charge in [-0.2, -0.15) is 4.31 Å². The van der Waals surface area contributed by atoms with Gasteiger partial charge in [0.2, 0.25) is 10.0 Å². The number of benzene rings is 1. The summed E-state index contributed by atoms with van der Waals surface area (Å²) in [6.07, 6.45) is 4.22. The van der Waals surface area contributed by atoms with Crippen LogP contribution in [0.5, 0.6) is 0 Å². The van der Waals surface area contributed by atoms with Crippen LogP contribution in [0.25, 0.3) is 0 Å². The number of nitrogens with one attached hydrogen (secondary N) is 1. The average molecular weight is 324 g/mol. The lowest BCUT2D eigenvalue weighted by Gasteiger charge is -2.25. The van der Waals surface area contributed by atoms with Gasteiger partial charge in [0.05, 0.1) is 4.90 Å². The molecule has 0 saturated carbocycles. The topological polar surface area (TPSA) is 49.4 Å². The predicted molar refractivity (Wildman–Crippen MR) is 90.2 cm³/mol. The molecule has 124 valence electrons. The smallest absolute Gasteiger partial charge is 0.243 e. The second-order valence-electron chi connectivity index (χ2n) is 6.47. The van der Waals surface area contributed by atoms with Gasteiger partial charge < -0.3 is 5.32 Å². The normalized spacial score (nSPS) is 17.0. The fourth-order valence-corrected chi connectivity index (χ4v) is 4.17. The van der Waals surface area contributed by atoms with Crippen molar-refractivity contribution in [1.29, 1.82) is 0 Å². The minimum absolute atomic E-state index is 0.417. The number of sulfonamides is 1. The van der Waals surface area contributed by atoms with Gasteiger partial charge in [0.1, 0.15) is 0 Å². The van der Waals surface area contributed by atoms with E-state index in [1.165, 1.54) is 0 Å². The van der Waals surface area contributed by atoms with Crippen molar-refractivity contribution in [3.8, 4) is 0 Å². The highest BCUT2D eigenvalue weighted by molar-refractivity contribution is 7.89. The molecule has 1 saturated heterocycles. The van der Waals surface area contributed by atoms with Crippen LogP contribution in [0.2, 0.25) is 0 Å². The van der Waals surface area contributed by atoms with Crippen molar-refractivity contribution in [2.24, 2.45) is 5.92 Å². The van der Waals surface area contributed by atoms with Gasteiger partial charge in [-0.25, -0.2) is 8.42 Å². The van der Waals surface area contributed by atoms with Crippen LogP contribution in [0, 0.1) is 5.92 Å². The van der Waals surface area contributed by atoms with E-state index in [1.807, 2.05) is 12.1 Å². The quantitative estimate of drug-likeness (QED) is 0.785. The van der Waals surface area contributed by atoms with Crippen molar-refractivity contribution >= 4 is 10.0 Å². The molecule has 1 heterocycles. The van der Waals surface area contributed by atoms with Crippen LogP contribution in [-0.4, -0.2) is 32.4 Å². The van der Waals surface area contributed by atoms with E-state index in [9.17, 15) is 8.42 Å². The van der Waals surface area contributed by atoms with Gasteiger partial charge in [-0.3, -0.25) is 0 Å². The highest BCUT2D eigenvalue weighted by Gasteiger charge is 2.25. The van der Waals surface area contributed by atoms with E-state index in [-0.39, 0.29) is 0 Å². The van der Waals surface area contributed by atoms with E-state index >= 15 is 0 Å². The summed E-state index contributed by atoms with van der Waals surface area (Å²) in [5, 5.41) is 3.39. The molecule has 0 aromatic heterocycles. The zero-order chi connectivity index (χ0) is 16.0. The van der Waals surface area contributed by atoms with E-state index in [0.29, 0.717) is 23.9 Å². The Labute approximate surface area is 135 Å². The van der Waals surface area contributed by atoms with Gasteiger partial charge in [0.15, 0.2) is 0 Å². The van der Waals surface area contributed by atoms with E-state index in [1.54, 1.807) is 16.4 Å². The fraction of sp³-hybridized carbons (Fsp3) is 0.647. The highest BCUT2D eigenvalue weighted by atomic mass is 32.2. The lowest BCUT2D eigenvalue weighted by atomic mass is 10.1. The van der Waals surface area contributed by atoms with Crippen molar-refractivity contribution in [1.82, 2.24) is 9.62 Å². The maximum atomic E-state index is 12.5. The third-order valence-electron chi connectivity index (χ3n) is 4.10. The Hall–Kier alpha value is -0.910. The Bertz CT molecular complexity index is 547. The monoisotopic (exact) mass is 324 g/mol. The molecule has 4 nitrogen and oxygen atoms in total. The summed E-state index contributed by atoms with van der Waals surface area (Å²) in [6, 6.07) is 7.31. The zero-order valence-electron chi connectivity index (χ0n) is 13.7. The molecule has 1 aliphatic rings. The summed E-state index contributed by atoms with van der Waals surface area (Å²) in [7, 11) is -3.30. The molecule has 1 aliphatic heterocycles. The predicted octanol–water partition coefficient (Wildman–Crippen LogP) is 3.00. The molecule has 0 unspecified atom stereocenters. The molecule has 0 spiro atoms. The lowest BCUT2D eigenvalue weighted by Crippen LogP contribution is -2.35. The minimum atomic E-state index is -3.30. The summed E-state index contributed by atoms with van der Waals surface area (Å²) in [5.41, 5.74) is 1.13.